The van der Waals surface area contributed by atoms with E-state index < -0.39 is 0 Å². The number of rotatable bonds is 5. The molecule has 15 heavy (non-hydrogen) atoms. The van der Waals surface area contributed by atoms with Crippen LogP contribution >= 0.6 is 0 Å². The molecule has 1 saturated heterocycles. The van der Waals surface area contributed by atoms with Gasteiger partial charge in [0, 0.05) is 19.1 Å². The molecule has 1 heterocycles. The van der Waals surface area contributed by atoms with E-state index in [1.165, 1.54) is 26.1 Å². The van der Waals surface area contributed by atoms with Crippen molar-refractivity contribution in [2.24, 2.45) is 0 Å². The van der Waals surface area contributed by atoms with Crippen LogP contribution in [0.4, 0.5) is 0 Å². The van der Waals surface area contributed by atoms with Crippen LogP contribution in [0.2, 0.25) is 0 Å². The lowest BCUT2D eigenvalue weighted by atomic mass is 10.2. The van der Waals surface area contributed by atoms with Gasteiger partial charge in [-0.1, -0.05) is 6.92 Å². The summed E-state index contributed by atoms with van der Waals surface area (Å²) in [5.74, 6) is 0. The van der Waals surface area contributed by atoms with Gasteiger partial charge in [0.2, 0.25) is 0 Å². The third-order valence-electron chi connectivity index (χ3n) is 2.79. The topological polar surface area (TPSA) is 24.5 Å². The molecule has 1 rings (SSSR count). The molecular formula is C12H26N2O. The molecule has 0 aromatic rings. The Morgan fingerprint density at radius 2 is 2.13 bits per heavy atom. The maximum Gasteiger partial charge on any atom is 0.0599 e. The highest BCUT2D eigenvalue weighted by Gasteiger charge is 2.20. The van der Waals surface area contributed by atoms with Crippen LogP contribution in [0.3, 0.4) is 0 Å². The monoisotopic (exact) mass is 214 g/mol. The fourth-order valence-electron chi connectivity index (χ4n) is 1.91. The first-order valence-corrected chi connectivity index (χ1v) is 6.11. The summed E-state index contributed by atoms with van der Waals surface area (Å²) in [6.45, 7) is 13.9. The quantitative estimate of drug-likeness (QED) is 0.702. The lowest BCUT2D eigenvalue weighted by Gasteiger charge is -2.20. The summed E-state index contributed by atoms with van der Waals surface area (Å²) < 4.78 is 5.67. The van der Waals surface area contributed by atoms with Crippen LogP contribution in [-0.2, 0) is 4.74 Å². The van der Waals surface area contributed by atoms with Crippen LogP contribution in [-0.4, -0.2) is 49.3 Å². The Morgan fingerprint density at radius 3 is 2.67 bits per heavy atom. The van der Waals surface area contributed by atoms with E-state index in [4.69, 9.17) is 4.74 Å². The summed E-state index contributed by atoms with van der Waals surface area (Å²) >= 11 is 0. The van der Waals surface area contributed by atoms with Crippen LogP contribution in [0.1, 0.15) is 34.1 Å². The first kappa shape index (κ1) is 12.9. The van der Waals surface area contributed by atoms with Gasteiger partial charge in [-0.15, -0.1) is 0 Å². The predicted molar refractivity (Wildman–Crippen MR) is 64.2 cm³/mol. The highest BCUT2D eigenvalue weighted by molar-refractivity contribution is 4.79. The summed E-state index contributed by atoms with van der Waals surface area (Å²) in [6, 6.07) is 0.675. The Bertz CT molecular complexity index is 177. The first-order valence-electron chi connectivity index (χ1n) is 6.11. The number of likely N-dealkylation sites (N-methyl/N-ethyl adjacent to an activating group) is 1. The fourth-order valence-corrected chi connectivity index (χ4v) is 1.91. The molecule has 0 spiro atoms. The van der Waals surface area contributed by atoms with E-state index in [2.05, 4.69) is 37.9 Å². The zero-order valence-electron chi connectivity index (χ0n) is 10.7. The molecule has 0 saturated carbocycles. The Kier molecular flexibility index (Phi) is 5.03. The smallest absolute Gasteiger partial charge is 0.0599 e. The number of nitrogens with one attached hydrogen (secondary N) is 1. The second-order valence-electron chi connectivity index (χ2n) is 5.29. The minimum Gasteiger partial charge on any atom is -0.375 e. The molecule has 0 unspecified atom stereocenters. The van der Waals surface area contributed by atoms with Crippen molar-refractivity contribution in [3.8, 4) is 0 Å². The van der Waals surface area contributed by atoms with Crippen molar-refractivity contribution in [3.05, 3.63) is 0 Å². The normalized spacial score (nSPS) is 23.6. The molecule has 0 bridgehead atoms. The van der Waals surface area contributed by atoms with E-state index in [9.17, 15) is 0 Å². The molecule has 0 aromatic heterocycles. The van der Waals surface area contributed by atoms with Gasteiger partial charge in [-0.3, -0.25) is 0 Å². The highest BCUT2D eigenvalue weighted by atomic mass is 16.5. The average molecular weight is 214 g/mol. The van der Waals surface area contributed by atoms with Crippen LogP contribution in [0.25, 0.3) is 0 Å². The lowest BCUT2D eigenvalue weighted by Crippen LogP contribution is -2.36. The van der Waals surface area contributed by atoms with Gasteiger partial charge in [0.25, 0.3) is 0 Å². The van der Waals surface area contributed by atoms with Crippen molar-refractivity contribution in [1.82, 2.24) is 10.2 Å². The predicted octanol–water partition coefficient (Wildman–Crippen LogP) is 1.49. The van der Waals surface area contributed by atoms with Gasteiger partial charge in [0.1, 0.15) is 0 Å². The third kappa shape index (κ3) is 5.50. The zero-order valence-corrected chi connectivity index (χ0v) is 10.7. The summed E-state index contributed by atoms with van der Waals surface area (Å²) in [4.78, 5) is 2.49. The van der Waals surface area contributed by atoms with Gasteiger partial charge < -0.3 is 15.0 Å². The Hall–Kier alpha value is -0.120. The van der Waals surface area contributed by atoms with Crippen molar-refractivity contribution in [2.45, 2.75) is 45.8 Å². The number of nitrogens with zero attached hydrogens (tertiary/aromatic N) is 1. The Morgan fingerprint density at radius 1 is 1.40 bits per heavy atom. The molecule has 1 atom stereocenters. The van der Waals surface area contributed by atoms with Gasteiger partial charge in [-0.25, -0.2) is 0 Å². The maximum absolute atomic E-state index is 5.67. The standard InChI is InChI=1S/C12H26N2O/c1-5-14-8-6-11(10-14)13-7-9-15-12(2,3)4/h11,13H,5-10H2,1-4H3/t11-/m0/s1. The van der Waals surface area contributed by atoms with E-state index >= 15 is 0 Å². The molecule has 0 amide bonds. The van der Waals surface area contributed by atoms with Crippen molar-refractivity contribution in [1.29, 1.82) is 0 Å². The fraction of sp³-hybridized carbons (Fsp3) is 1.00. The van der Waals surface area contributed by atoms with Gasteiger partial charge in [0.05, 0.1) is 12.2 Å². The van der Waals surface area contributed by atoms with E-state index in [0.717, 1.165) is 13.2 Å². The van der Waals surface area contributed by atoms with Gasteiger partial charge >= 0.3 is 0 Å². The molecule has 1 N–H and O–H groups in total. The molecule has 0 aromatic carbocycles. The van der Waals surface area contributed by atoms with Crippen LogP contribution < -0.4 is 5.32 Å². The Balaban J connectivity index is 2.02. The average Bonchev–Trinajstić information content (AvgIpc) is 2.59. The van der Waals surface area contributed by atoms with Gasteiger partial charge in [-0.05, 0) is 40.3 Å². The second kappa shape index (κ2) is 5.83. The number of hydrogen-bond acceptors (Lipinski definition) is 3. The number of likely N-dealkylation sites (tertiary alicyclic amines) is 1. The van der Waals surface area contributed by atoms with Crippen molar-refractivity contribution in [3.63, 3.8) is 0 Å². The van der Waals surface area contributed by atoms with Crippen molar-refractivity contribution >= 4 is 0 Å². The maximum atomic E-state index is 5.67. The van der Waals surface area contributed by atoms with E-state index in [1.807, 2.05) is 0 Å². The van der Waals surface area contributed by atoms with Gasteiger partial charge in [0.15, 0.2) is 0 Å². The van der Waals surface area contributed by atoms with Crippen molar-refractivity contribution in [2.75, 3.05) is 32.8 Å². The first-order chi connectivity index (χ1) is 7.01. The van der Waals surface area contributed by atoms with Crippen molar-refractivity contribution < 1.29 is 4.74 Å². The molecule has 1 aliphatic heterocycles. The molecule has 3 nitrogen and oxygen atoms in total. The number of ether oxygens (including phenoxy) is 1. The van der Waals surface area contributed by atoms with E-state index in [1.54, 1.807) is 0 Å². The Labute approximate surface area is 94.2 Å². The summed E-state index contributed by atoms with van der Waals surface area (Å²) in [6.07, 6.45) is 1.28. The minimum absolute atomic E-state index is 0.00713. The summed E-state index contributed by atoms with van der Waals surface area (Å²) in [7, 11) is 0. The van der Waals surface area contributed by atoms with Gasteiger partial charge in [-0.2, -0.15) is 0 Å². The summed E-state index contributed by atoms with van der Waals surface area (Å²) in [5, 5.41) is 3.55. The molecule has 90 valence electrons. The summed E-state index contributed by atoms with van der Waals surface area (Å²) in [5.41, 5.74) is -0.00713. The lowest BCUT2D eigenvalue weighted by molar-refractivity contribution is -0.00153. The van der Waals surface area contributed by atoms with Crippen LogP contribution in [0, 0.1) is 0 Å². The van der Waals surface area contributed by atoms with E-state index in [-0.39, 0.29) is 5.60 Å². The molecule has 0 radical (unpaired) electrons. The largest absolute Gasteiger partial charge is 0.375 e. The second-order valence-corrected chi connectivity index (χ2v) is 5.29. The van der Waals surface area contributed by atoms with Crippen LogP contribution in [0.15, 0.2) is 0 Å². The molecule has 3 heteroatoms. The molecule has 1 aliphatic rings. The SMILES string of the molecule is CCN1CC[C@H](NCCOC(C)(C)C)C1. The third-order valence-corrected chi connectivity index (χ3v) is 2.79. The highest BCUT2D eigenvalue weighted by Crippen LogP contribution is 2.08. The van der Waals surface area contributed by atoms with E-state index in [0.29, 0.717) is 6.04 Å². The molecule has 0 aliphatic carbocycles. The van der Waals surface area contributed by atoms with Crippen LogP contribution in [0.5, 0.6) is 0 Å². The minimum atomic E-state index is -0.00713. The molecular weight excluding hydrogens is 188 g/mol. The zero-order chi connectivity index (χ0) is 11.3. The molecule has 1 fully saturated rings. The number of hydrogen-bond donors (Lipinski definition) is 1.